The van der Waals surface area contributed by atoms with E-state index in [4.69, 9.17) is 9.72 Å². The van der Waals surface area contributed by atoms with Crippen LogP contribution in [-0.4, -0.2) is 11.0 Å². The highest BCUT2D eigenvalue weighted by Gasteiger charge is 2.28. The van der Waals surface area contributed by atoms with E-state index in [9.17, 15) is 4.79 Å². The smallest absolute Gasteiger partial charge is 0.355 e. The molecule has 2 aromatic heterocycles. The maximum absolute atomic E-state index is 13.1. The van der Waals surface area contributed by atoms with Crippen LogP contribution in [0.1, 0.15) is 9.67 Å². The van der Waals surface area contributed by atoms with E-state index in [0.29, 0.717) is 10.6 Å². The Kier molecular flexibility index (Phi) is 4.08. The summed E-state index contributed by atoms with van der Waals surface area (Å²) in [5.41, 5.74) is 5.83. The number of nitrogens with one attached hydrogen (secondary N) is 1. The zero-order valence-corrected chi connectivity index (χ0v) is 17.1. The van der Waals surface area contributed by atoms with E-state index in [0.717, 1.165) is 44.0 Å². The first-order valence-electron chi connectivity index (χ1n) is 9.94. The van der Waals surface area contributed by atoms with Crippen LogP contribution in [0.2, 0.25) is 0 Å². The lowest BCUT2D eigenvalue weighted by Gasteiger charge is -2.20. The maximum atomic E-state index is 13.1. The van der Waals surface area contributed by atoms with Crippen molar-refractivity contribution in [2.24, 2.45) is 0 Å². The van der Waals surface area contributed by atoms with Gasteiger partial charge in [-0.25, -0.2) is 9.78 Å². The zero-order chi connectivity index (χ0) is 20.8. The van der Waals surface area contributed by atoms with Gasteiger partial charge < -0.3 is 10.1 Å². The summed E-state index contributed by atoms with van der Waals surface area (Å²) < 4.78 is 5.64. The fraction of sp³-hybridized carbons (Fsp3) is 0. The van der Waals surface area contributed by atoms with Gasteiger partial charge in [-0.3, -0.25) is 0 Å². The van der Waals surface area contributed by atoms with Crippen LogP contribution in [0.4, 0.5) is 11.4 Å². The number of carbonyl (C=O) groups excluding carboxylic acids is 1. The first-order chi connectivity index (χ1) is 15.3. The quantitative estimate of drug-likeness (QED) is 0.250. The molecule has 6 rings (SSSR count). The molecular weight excluding hydrogens is 404 g/mol. The second-order valence-electron chi connectivity index (χ2n) is 7.28. The van der Waals surface area contributed by atoms with E-state index < -0.39 is 0 Å². The van der Waals surface area contributed by atoms with Gasteiger partial charge >= 0.3 is 5.97 Å². The van der Waals surface area contributed by atoms with Gasteiger partial charge in [0.15, 0.2) is 0 Å². The van der Waals surface area contributed by atoms with Crippen molar-refractivity contribution in [2.75, 3.05) is 5.32 Å². The maximum Gasteiger partial charge on any atom is 0.355 e. The van der Waals surface area contributed by atoms with Crippen molar-refractivity contribution in [1.29, 1.82) is 0 Å². The molecule has 1 aliphatic rings. The van der Waals surface area contributed by atoms with E-state index in [1.165, 1.54) is 11.3 Å². The molecule has 0 fully saturated rings. The summed E-state index contributed by atoms with van der Waals surface area (Å²) in [5, 5.41) is 4.41. The number of esters is 1. The normalized spacial score (nSPS) is 11.6. The van der Waals surface area contributed by atoms with Gasteiger partial charge in [0.05, 0.1) is 11.4 Å². The molecule has 0 radical (unpaired) electrons. The molecule has 0 saturated heterocycles. The summed E-state index contributed by atoms with van der Waals surface area (Å²) >= 11 is 1.36. The Bertz CT molecular complexity index is 1440. The number of pyridine rings is 1. The summed E-state index contributed by atoms with van der Waals surface area (Å²) in [4.78, 5) is 19.3. The number of hydrogen-bond donors (Lipinski definition) is 1. The van der Waals surface area contributed by atoms with Crippen LogP contribution < -0.4 is 10.1 Å². The molecule has 3 heterocycles. The monoisotopic (exact) mass is 420 g/mol. The number of nitrogens with zero attached hydrogens (tertiary/aromatic N) is 1. The largest absolute Gasteiger partial charge is 0.422 e. The standard InChI is InChI=1S/C26H16N2O2S/c29-26(30-17-11-5-2-6-12-17)24-23-22-19(18-13-7-8-14-20(18)27-23)15-21(28-25(22)31-24)16-9-3-1-4-10-16/h1-15,27H. The molecule has 5 heteroatoms. The Morgan fingerprint density at radius 2 is 1.55 bits per heavy atom. The van der Waals surface area contributed by atoms with Crippen molar-refractivity contribution in [3.63, 3.8) is 0 Å². The number of anilines is 2. The Balaban J connectivity index is 1.56. The number of hydrogen-bond acceptors (Lipinski definition) is 5. The van der Waals surface area contributed by atoms with Crippen molar-refractivity contribution in [1.82, 2.24) is 4.98 Å². The first kappa shape index (κ1) is 17.9. The molecule has 0 bridgehead atoms. The highest BCUT2D eigenvalue weighted by atomic mass is 32.1. The molecule has 0 saturated carbocycles. The topological polar surface area (TPSA) is 51.2 Å². The Morgan fingerprint density at radius 3 is 2.35 bits per heavy atom. The molecule has 0 atom stereocenters. The molecule has 31 heavy (non-hydrogen) atoms. The lowest BCUT2D eigenvalue weighted by atomic mass is 9.95. The van der Waals surface area contributed by atoms with Gasteiger partial charge in [-0.05, 0) is 29.8 Å². The molecular formula is C26H16N2O2S. The van der Waals surface area contributed by atoms with E-state index in [1.807, 2.05) is 66.7 Å². The van der Waals surface area contributed by atoms with Crippen molar-refractivity contribution >= 4 is 38.9 Å². The van der Waals surface area contributed by atoms with Crippen LogP contribution >= 0.6 is 11.3 Å². The molecule has 148 valence electrons. The first-order valence-corrected chi connectivity index (χ1v) is 10.8. The Labute approximate surface area is 182 Å². The van der Waals surface area contributed by atoms with E-state index in [2.05, 4.69) is 17.4 Å². The molecule has 5 aromatic rings. The second-order valence-corrected chi connectivity index (χ2v) is 8.28. The fourth-order valence-electron chi connectivity index (χ4n) is 3.93. The molecule has 0 spiro atoms. The highest BCUT2D eigenvalue weighted by molar-refractivity contribution is 7.21. The SMILES string of the molecule is O=C(Oc1ccccc1)c1sc2nc(-c3ccccc3)cc3c2c1Nc1ccccc1-3. The minimum atomic E-state index is -0.386. The predicted octanol–water partition coefficient (Wildman–Crippen LogP) is 6.91. The summed E-state index contributed by atoms with van der Waals surface area (Å²) in [6.07, 6.45) is 0. The van der Waals surface area contributed by atoms with Crippen molar-refractivity contribution in [3.05, 3.63) is 95.9 Å². The summed E-state index contributed by atoms with van der Waals surface area (Å²) in [6.45, 7) is 0. The van der Waals surface area contributed by atoms with Crippen LogP contribution in [0.3, 0.4) is 0 Å². The number of carbonyl (C=O) groups is 1. The van der Waals surface area contributed by atoms with Crippen molar-refractivity contribution < 1.29 is 9.53 Å². The highest BCUT2D eigenvalue weighted by Crippen LogP contribution is 2.49. The van der Waals surface area contributed by atoms with Crippen LogP contribution in [0, 0.1) is 0 Å². The van der Waals surface area contributed by atoms with Crippen LogP contribution in [0.25, 0.3) is 32.6 Å². The van der Waals surface area contributed by atoms with Gasteiger partial charge in [0.1, 0.15) is 15.5 Å². The van der Waals surface area contributed by atoms with Crippen molar-refractivity contribution in [3.8, 4) is 28.1 Å². The average molecular weight is 420 g/mol. The van der Waals surface area contributed by atoms with Gasteiger partial charge in [-0.15, -0.1) is 11.3 Å². The van der Waals surface area contributed by atoms with Gasteiger partial charge in [-0.1, -0.05) is 66.7 Å². The predicted molar refractivity (Wildman–Crippen MR) is 125 cm³/mol. The molecule has 1 N–H and O–H groups in total. The number of benzene rings is 3. The number of para-hydroxylation sites is 2. The third-order valence-corrected chi connectivity index (χ3v) is 6.41. The van der Waals surface area contributed by atoms with E-state index >= 15 is 0 Å². The lowest BCUT2D eigenvalue weighted by molar-refractivity contribution is 0.0741. The van der Waals surface area contributed by atoms with Gasteiger partial charge in [0.25, 0.3) is 0 Å². The third-order valence-electron chi connectivity index (χ3n) is 5.35. The molecule has 0 aliphatic carbocycles. The Hall–Kier alpha value is -3.96. The van der Waals surface area contributed by atoms with Crippen LogP contribution in [0.5, 0.6) is 5.75 Å². The Morgan fingerprint density at radius 1 is 0.839 bits per heavy atom. The van der Waals surface area contributed by atoms with E-state index in [1.54, 1.807) is 12.1 Å². The molecule has 3 aromatic carbocycles. The third kappa shape index (κ3) is 2.98. The van der Waals surface area contributed by atoms with E-state index in [-0.39, 0.29) is 5.97 Å². The molecule has 1 aliphatic heterocycles. The van der Waals surface area contributed by atoms with Crippen LogP contribution in [0.15, 0.2) is 91.0 Å². The molecule has 4 nitrogen and oxygen atoms in total. The summed E-state index contributed by atoms with van der Waals surface area (Å²) in [5.74, 6) is 0.134. The minimum Gasteiger partial charge on any atom is -0.422 e. The number of aromatic nitrogens is 1. The molecule has 0 amide bonds. The number of fused-ring (bicyclic) bond motifs is 2. The lowest BCUT2D eigenvalue weighted by Crippen LogP contribution is -2.10. The molecule has 0 unspecified atom stereocenters. The minimum absolute atomic E-state index is 0.386. The number of rotatable bonds is 3. The average Bonchev–Trinajstić information content (AvgIpc) is 3.19. The fourth-order valence-corrected chi connectivity index (χ4v) is 4.97. The second kappa shape index (κ2) is 7.07. The number of thiophene rings is 1. The van der Waals surface area contributed by atoms with Crippen molar-refractivity contribution in [2.45, 2.75) is 0 Å². The summed E-state index contributed by atoms with van der Waals surface area (Å²) in [6, 6.07) is 29.5. The van der Waals surface area contributed by atoms with Gasteiger partial charge in [0.2, 0.25) is 0 Å². The van der Waals surface area contributed by atoms with Crippen LogP contribution in [-0.2, 0) is 0 Å². The summed E-state index contributed by atoms with van der Waals surface area (Å²) in [7, 11) is 0. The zero-order valence-electron chi connectivity index (χ0n) is 16.3. The number of ether oxygens (including phenoxy) is 1. The van der Waals surface area contributed by atoms with Gasteiger partial charge in [-0.2, -0.15) is 0 Å². The van der Waals surface area contributed by atoms with Gasteiger partial charge in [0, 0.05) is 22.2 Å².